The number of carbonyl (C=O) groups excluding carboxylic acids is 1. The predicted octanol–water partition coefficient (Wildman–Crippen LogP) is 3.59. The Morgan fingerprint density at radius 1 is 1.26 bits per heavy atom. The molecule has 1 saturated carbocycles. The molecule has 1 amide bonds. The highest BCUT2D eigenvalue weighted by Gasteiger charge is 2.46. The smallest absolute Gasteiger partial charge is 0.226 e. The second-order valence-electron chi connectivity index (χ2n) is 7.25. The number of piperidine rings is 1. The summed E-state index contributed by atoms with van der Waals surface area (Å²) in [4.78, 5) is 14.6. The first-order valence-corrected chi connectivity index (χ1v) is 8.70. The standard InChI is InChI=1S/C19H26FNO2/c1-13(2)12-23-16-7-9-21(10-8-16)19(22)18-11-17(18)14-3-5-15(20)6-4-14/h3-6,13,16-18H,7-12H2,1-2H3/t17-,18+/m0/s1. The van der Waals surface area contributed by atoms with Crippen LogP contribution in [0.25, 0.3) is 0 Å². The van der Waals surface area contributed by atoms with Gasteiger partial charge in [0.15, 0.2) is 0 Å². The third kappa shape index (κ3) is 4.11. The van der Waals surface area contributed by atoms with E-state index >= 15 is 0 Å². The van der Waals surface area contributed by atoms with E-state index in [1.54, 1.807) is 12.1 Å². The van der Waals surface area contributed by atoms with Crippen LogP contribution < -0.4 is 0 Å². The van der Waals surface area contributed by atoms with Gasteiger partial charge in [0, 0.05) is 25.6 Å². The number of carbonyl (C=O) groups is 1. The van der Waals surface area contributed by atoms with Crippen LogP contribution in [-0.2, 0) is 9.53 Å². The van der Waals surface area contributed by atoms with E-state index < -0.39 is 0 Å². The van der Waals surface area contributed by atoms with Crippen molar-refractivity contribution >= 4 is 5.91 Å². The van der Waals surface area contributed by atoms with Crippen molar-refractivity contribution in [3.63, 3.8) is 0 Å². The zero-order valence-electron chi connectivity index (χ0n) is 14.0. The molecule has 2 fully saturated rings. The highest BCUT2D eigenvalue weighted by molar-refractivity contribution is 5.83. The maximum absolute atomic E-state index is 13.0. The van der Waals surface area contributed by atoms with Gasteiger partial charge in [-0.05, 0) is 48.8 Å². The van der Waals surface area contributed by atoms with Crippen molar-refractivity contribution in [3.8, 4) is 0 Å². The highest BCUT2D eigenvalue weighted by Crippen LogP contribution is 2.48. The molecule has 126 valence electrons. The van der Waals surface area contributed by atoms with E-state index in [9.17, 15) is 9.18 Å². The molecular weight excluding hydrogens is 293 g/mol. The lowest BCUT2D eigenvalue weighted by Crippen LogP contribution is -2.42. The molecule has 23 heavy (non-hydrogen) atoms. The molecule has 0 bridgehead atoms. The van der Waals surface area contributed by atoms with E-state index in [2.05, 4.69) is 13.8 Å². The lowest BCUT2D eigenvalue weighted by Gasteiger charge is -2.32. The molecule has 1 saturated heterocycles. The number of benzene rings is 1. The van der Waals surface area contributed by atoms with Crippen LogP contribution in [0.2, 0.25) is 0 Å². The summed E-state index contributed by atoms with van der Waals surface area (Å²) in [5.41, 5.74) is 1.08. The summed E-state index contributed by atoms with van der Waals surface area (Å²) in [6.45, 7) is 6.71. The molecule has 2 aliphatic rings. The summed E-state index contributed by atoms with van der Waals surface area (Å²) in [6, 6.07) is 6.57. The van der Waals surface area contributed by atoms with E-state index in [1.165, 1.54) is 12.1 Å². The van der Waals surface area contributed by atoms with Gasteiger partial charge >= 0.3 is 0 Å². The molecule has 1 aliphatic carbocycles. The Hall–Kier alpha value is -1.42. The Labute approximate surface area is 137 Å². The summed E-state index contributed by atoms with van der Waals surface area (Å²) in [5, 5.41) is 0. The number of hydrogen-bond acceptors (Lipinski definition) is 2. The molecule has 4 heteroatoms. The van der Waals surface area contributed by atoms with Gasteiger partial charge in [0.25, 0.3) is 0 Å². The van der Waals surface area contributed by atoms with Crippen molar-refractivity contribution < 1.29 is 13.9 Å². The van der Waals surface area contributed by atoms with E-state index in [0.29, 0.717) is 12.0 Å². The number of ether oxygens (including phenoxy) is 1. The minimum atomic E-state index is -0.222. The molecule has 2 atom stereocenters. The van der Waals surface area contributed by atoms with Gasteiger partial charge in [0.05, 0.1) is 6.10 Å². The lowest BCUT2D eigenvalue weighted by molar-refractivity contribution is -0.135. The van der Waals surface area contributed by atoms with Crippen LogP contribution in [0, 0.1) is 17.7 Å². The van der Waals surface area contributed by atoms with Crippen LogP contribution in [0.15, 0.2) is 24.3 Å². The van der Waals surface area contributed by atoms with Gasteiger partial charge in [-0.2, -0.15) is 0 Å². The van der Waals surface area contributed by atoms with Gasteiger partial charge in [-0.15, -0.1) is 0 Å². The largest absolute Gasteiger partial charge is 0.378 e. The summed E-state index contributed by atoms with van der Waals surface area (Å²) in [7, 11) is 0. The Morgan fingerprint density at radius 2 is 1.91 bits per heavy atom. The molecule has 0 radical (unpaired) electrons. The minimum Gasteiger partial charge on any atom is -0.378 e. The highest BCUT2D eigenvalue weighted by atomic mass is 19.1. The molecule has 1 aromatic carbocycles. The van der Waals surface area contributed by atoms with Crippen molar-refractivity contribution in [2.45, 2.75) is 45.1 Å². The van der Waals surface area contributed by atoms with Crippen LogP contribution >= 0.6 is 0 Å². The van der Waals surface area contributed by atoms with Crippen molar-refractivity contribution in [2.75, 3.05) is 19.7 Å². The first-order chi connectivity index (χ1) is 11.0. The third-order valence-corrected chi connectivity index (χ3v) is 4.82. The molecule has 0 spiro atoms. The summed E-state index contributed by atoms with van der Waals surface area (Å²) < 4.78 is 18.9. The minimum absolute atomic E-state index is 0.0913. The molecule has 0 unspecified atom stereocenters. The SMILES string of the molecule is CC(C)COC1CCN(C(=O)[C@@H]2C[C@H]2c2ccc(F)cc2)CC1. The first kappa shape index (κ1) is 16.4. The van der Waals surface area contributed by atoms with E-state index in [4.69, 9.17) is 4.74 Å². The van der Waals surface area contributed by atoms with Crippen LogP contribution in [0.3, 0.4) is 0 Å². The number of hydrogen-bond donors (Lipinski definition) is 0. The van der Waals surface area contributed by atoms with Gasteiger partial charge in [0.1, 0.15) is 5.82 Å². The average molecular weight is 319 g/mol. The predicted molar refractivity (Wildman–Crippen MR) is 87.6 cm³/mol. The van der Waals surface area contributed by atoms with Gasteiger partial charge < -0.3 is 9.64 Å². The van der Waals surface area contributed by atoms with Crippen LogP contribution in [0.5, 0.6) is 0 Å². The van der Waals surface area contributed by atoms with Crippen LogP contribution in [-0.4, -0.2) is 36.6 Å². The second kappa shape index (κ2) is 7.00. The molecular formula is C19H26FNO2. The monoisotopic (exact) mass is 319 g/mol. The maximum Gasteiger partial charge on any atom is 0.226 e. The Morgan fingerprint density at radius 3 is 2.52 bits per heavy atom. The van der Waals surface area contributed by atoms with Crippen molar-refractivity contribution in [1.82, 2.24) is 4.90 Å². The Balaban J connectivity index is 1.46. The fraction of sp³-hybridized carbons (Fsp3) is 0.632. The quantitative estimate of drug-likeness (QED) is 0.830. The van der Waals surface area contributed by atoms with Crippen LogP contribution in [0.1, 0.15) is 44.6 Å². The Bertz CT molecular complexity index is 535. The van der Waals surface area contributed by atoms with E-state index in [0.717, 1.165) is 44.5 Å². The molecule has 1 heterocycles. The summed E-state index contributed by atoms with van der Waals surface area (Å²) in [6.07, 6.45) is 3.07. The molecule has 0 N–H and O–H groups in total. The molecule has 3 nitrogen and oxygen atoms in total. The number of rotatable bonds is 5. The normalized spacial score (nSPS) is 25.0. The van der Waals surface area contributed by atoms with Gasteiger partial charge in [-0.3, -0.25) is 4.79 Å². The van der Waals surface area contributed by atoms with E-state index in [-0.39, 0.29) is 23.6 Å². The first-order valence-electron chi connectivity index (χ1n) is 8.70. The zero-order valence-corrected chi connectivity index (χ0v) is 14.0. The number of halogens is 1. The third-order valence-electron chi connectivity index (χ3n) is 4.82. The summed E-state index contributed by atoms with van der Waals surface area (Å²) >= 11 is 0. The van der Waals surface area contributed by atoms with E-state index in [1.807, 2.05) is 4.90 Å². The molecule has 0 aromatic heterocycles. The fourth-order valence-corrected chi connectivity index (χ4v) is 3.35. The van der Waals surface area contributed by atoms with Gasteiger partial charge in [-0.1, -0.05) is 26.0 Å². The van der Waals surface area contributed by atoms with Crippen molar-refractivity contribution in [2.24, 2.45) is 11.8 Å². The Kier molecular flexibility index (Phi) is 5.00. The van der Waals surface area contributed by atoms with Crippen molar-refractivity contribution in [1.29, 1.82) is 0 Å². The number of amides is 1. The number of likely N-dealkylation sites (tertiary alicyclic amines) is 1. The number of nitrogens with zero attached hydrogens (tertiary/aromatic N) is 1. The van der Waals surface area contributed by atoms with Gasteiger partial charge in [-0.25, -0.2) is 4.39 Å². The lowest BCUT2D eigenvalue weighted by atomic mass is 10.1. The summed E-state index contributed by atoms with van der Waals surface area (Å²) in [5.74, 6) is 0.964. The van der Waals surface area contributed by atoms with Crippen LogP contribution in [0.4, 0.5) is 4.39 Å². The topological polar surface area (TPSA) is 29.5 Å². The maximum atomic E-state index is 13.0. The average Bonchev–Trinajstić information content (AvgIpc) is 3.34. The molecule has 1 aromatic rings. The fourth-order valence-electron chi connectivity index (χ4n) is 3.35. The zero-order chi connectivity index (χ0) is 16.4. The molecule has 3 rings (SSSR count). The second-order valence-corrected chi connectivity index (χ2v) is 7.25. The van der Waals surface area contributed by atoms with Crippen molar-refractivity contribution in [3.05, 3.63) is 35.6 Å². The van der Waals surface area contributed by atoms with Gasteiger partial charge in [0.2, 0.25) is 5.91 Å². The molecule has 1 aliphatic heterocycles.